The third-order valence-corrected chi connectivity index (χ3v) is 2.28. The maximum absolute atomic E-state index is 10.4. The first-order valence-electron chi connectivity index (χ1n) is 2.58. The maximum Gasteiger partial charge on any atom is 1.00 e. The third-order valence-electron chi connectivity index (χ3n) is 0.994. The Bertz CT molecular complexity index is 367. The van der Waals surface area contributed by atoms with E-state index in [1.165, 1.54) is 12.3 Å². The molecule has 0 unspecified atom stereocenters. The summed E-state index contributed by atoms with van der Waals surface area (Å²) in [5.74, 6) is 0. The Morgan fingerprint density at radius 1 is 1.50 bits per heavy atom. The summed E-state index contributed by atoms with van der Waals surface area (Å²) in [4.78, 5) is 2.95. The van der Waals surface area contributed by atoms with E-state index in [-0.39, 0.29) is 56.5 Å². The largest absolute Gasteiger partial charge is 1.00 e. The van der Waals surface area contributed by atoms with Crippen molar-refractivity contribution in [3.8, 4) is 0 Å². The smallest absolute Gasteiger partial charge is 0.744 e. The van der Waals surface area contributed by atoms with Gasteiger partial charge in [-0.05, 0) is 12.1 Å². The van der Waals surface area contributed by atoms with Gasteiger partial charge in [0.15, 0.2) is 0 Å². The summed E-state index contributed by atoms with van der Waals surface area (Å²) in [5.41, 5.74) is 0. The van der Waals surface area contributed by atoms with E-state index in [1.807, 2.05) is 0 Å². The third kappa shape index (κ3) is 3.39. The summed E-state index contributed by atoms with van der Waals surface area (Å²) in [7, 11) is -4.48. The van der Waals surface area contributed by atoms with Crippen LogP contribution in [0.15, 0.2) is 23.2 Å². The fourth-order valence-electron chi connectivity index (χ4n) is 0.558. The van der Waals surface area contributed by atoms with Crippen LogP contribution in [0, 0.1) is 0 Å². The number of hydrogen-bond acceptors (Lipinski definition) is 4. The maximum atomic E-state index is 10.4. The van der Waals surface area contributed by atoms with Gasteiger partial charge in [-0.2, -0.15) is 0 Å². The molecule has 0 radical (unpaired) electrons. The van der Waals surface area contributed by atoms with E-state index < -0.39 is 15.0 Å². The van der Waals surface area contributed by atoms with Crippen molar-refractivity contribution in [1.29, 1.82) is 0 Å². The Kier molecular flexibility index (Phi) is 5.43. The van der Waals surface area contributed by atoms with Crippen LogP contribution in [0.1, 0.15) is 0 Å². The normalized spacial score (nSPS) is 10.5. The minimum absolute atomic E-state index is 0. The van der Waals surface area contributed by atoms with Crippen molar-refractivity contribution >= 4 is 21.7 Å². The summed E-state index contributed by atoms with van der Waals surface area (Å²) in [6.07, 6.45) is 1.30. The fourth-order valence-corrected chi connectivity index (χ4v) is 1.46. The predicted molar refractivity (Wildman–Crippen MR) is 37.2 cm³/mol. The standard InChI is InChI=1S/C5H4ClNO3S.K/c6-5-4(11(8,9)10)2-1-3-7-5;/h1-3H,(H,8,9,10);/q;+1/p-1. The molecule has 0 saturated heterocycles. The van der Waals surface area contributed by atoms with Gasteiger partial charge in [0.1, 0.15) is 15.3 Å². The molecule has 0 N–H and O–H groups in total. The van der Waals surface area contributed by atoms with Gasteiger partial charge < -0.3 is 4.55 Å². The molecular weight excluding hydrogens is 229 g/mol. The van der Waals surface area contributed by atoms with E-state index >= 15 is 0 Å². The zero-order valence-electron chi connectivity index (χ0n) is 6.19. The van der Waals surface area contributed by atoms with Crippen LogP contribution < -0.4 is 51.4 Å². The number of halogens is 1. The molecule has 1 aromatic heterocycles. The molecule has 7 heteroatoms. The number of rotatable bonds is 1. The Balaban J connectivity index is 0.00000121. The van der Waals surface area contributed by atoms with Crippen LogP contribution in [-0.2, 0) is 10.1 Å². The Hall–Kier alpha value is 0.986. The molecule has 0 aliphatic heterocycles. The van der Waals surface area contributed by atoms with Gasteiger partial charge in [-0.3, -0.25) is 0 Å². The van der Waals surface area contributed by atoms with Crippen LogP contribution in [0.25, 0.3) is 0 Å². The van der Waals surface area contributed by atoms with E-state index in [4.69, 9.17) is 11.6 Å². The minimum Gasteiger partial charge on any atom is -0.744 e. The van der Waals surface area contributed by atoms with Gasteiger partial charge in [0.05, 0.1) is 4.90 Å². The van der Waals surface area contributed by atoms with Gasteiger partial charge in [-0.25, -0.2) is 13.4 Å². The molecule has 0 saturated carbocycles. The van der Waals surface area contributed by atoms with Crippen LogP contribution in [0.4, 0.5) is 0 Å². The summed E-state index contributed by atoms with van der Waals surface area (Å²) in [6.45, 7) is 0. The Morgan fingerprint density at radius 3 is 2.42 bits per heavy atom. The summed E-state index contributed by atoms with van der Waals surface area (Å²) < 4.78 is 31.1. The molecule has 12 heavy (non-hydrogen) atoms. The van der Waals surface area contributed by atoms with E-state index in [0.717, 1.165) is 6.07 Å². The molecule has 4 nitrogen and oxygen atoms in total. The average Bonchev–Trinajstić information content (AvgIpc) is 1.86. The molecule has 0 amide bonds. The van der Waals surface area contributed by atoms with Crippen LogP contribution >= 0.6 is 11.6 Å². The van der Waals surface area contributed by atoms with Crippen molar-refractivity contribution in [1.82, 2.24) is 4.98 Å². The van der Waals surface area contributed by atoms with Crippen LogP contribution in [0.3, 0.4) is 0 Å². The van der Waals surface area contributed by atoms with E-state index in [1.54, 1.807) is 0 Å². The first kappa shape index (κ1) is 13.0. The molecular formula is C5H3ClKNO3S. The summed E-state index contributed by atoms with van der Waals surface area (Å²) >= 11 is 5.32. The van der Waals surface area contributed by atoms with Gasteiger partial charge >= 0.3 is 51.4 Å². The van der Waals surface area contributed by atoms with Crippen molar-refractivity contribution in [2.24, 2.45) is 0 Å². The van der Waals surface area contributed by atoms with Gasteiger partial charge in [-0.15, -0.1) is 0 Å². The average molecular weight is 232 g/mol. The fraction of sp³-hybridized carbons (Fsp3) is 0. The number of hydrogen-bond donors (Lipinski definition) is 0. The Labute approximate surface area is 118 Å². The molecule has 0 atom stereocenters. The summed E-state index contributed by atoms with van der Waals surface area (Å²) in [6, 6.07) is 2.44. The Morgan fingerprint density at radius 2 is 2.08 bits per heavy atom. The quantitative estimate of drug-likeness (QED) is 0.308. The number of nitrogens with zero attached hydrogens (tertiary/aromatic N) is 1. The van der Waals surface area contributed by atoms with Gasteiger partial charge in [-0.1, -0.05) is 11.6 Å². The van der Waals surface area contributed by atoms with Crippen LogP contribution in [0.2, 0.25) is 5.15 Å². The number of pyridine rings is 1. The first-order valence-corrected chi connectivity index (χ1v) is 4.37. The predicted octanol–water partition coefficient (Wildman–Crippen LogP) is -2.36. The molecule has 1 rings (SSSR count). The molecule has 1 heterocycles. The van der Waals surface area contributed by atoms with Gasteiger partial charge in [0, 0.05) is 6.20 Å². The van der Waals surface area contributed by atoms with E-state index in [9.17, 15) is 13.0 Å². The molecule has 0 spiro atoms. The molecule has 0 fully saturated rings. The van der Waals surface area contributed by atoms with E-state index in [0.29, 0.717) is 0 Å². The molecule has 0 aliphatic rings. The first-order chi connectivity index (χ1) is 5.02. The second kappa shape index (κ2) is 5.01. The zero-order chi connectivity index (χ0) is 8.48. The molecule has 1 aromatic rings. The second-order valence-electron chi connectivity index (χ2n) is 1.75. The van der Waals surface area contributed by atoms with Crippen molar-refractivity contribution in [3.05, 3.63) is 23.5 Å². The SMILES string of the molecule is O=S(=O)([O-])c1cccnc1Cl.[K+]. The van der Waals surface area contributed by atoms with Gasteiger partial charge in [0.2, 0.25) is 0 Å². The van der Waals surface area contributed by atoms with Crippen LogP contribution in [0.5, 0.6) is 0 Å². The van der Waals surface area contributed by atoms with Crippen molar-refractivity contribution in [2.75, 3.05) is 0 Å². The summed E-state index contributed by atoms with van der Waals surface area (Å²) in [5, 5.41) is -0.289. The molecule has 60 valence electrons. The number of aromatic nitrogens is 1. The van der Waals surface area contributed by atoms with Crippen LogP contribution in [-0.4, -0.2) is 18.0 Å². The van der Waals surface area contributed by atoms with Crippen molar-refractivity contribution in [2.45, 2.75) is 4.90 Å². The zero-order valence-corrected chi connectivity index (χ0v) is 10.9. The van der Waals surface area contributed by atoms with E-state index in [2.05, 4.69) is 4.98 Å². The van der Waals surface area contributed by atoms with Crippen molar-refractivity contribution < 1.29 is 64.4 Å². The monoisotopic (exact) mass is 231 g/mol. The van der Waals surface area contributed by atoms with Crippen molar-refractivity contribution in [3.63, 3.8) is 0 Å². The second-order valence-corrected chi connectivity index (χ2v) is 3.45. The molecule has 0 bridgehead atoms. The van der Waals surface area contributed by atoms with Gasteiger partial charge in [0.25, 0.3) is 0 Å². The topological polar surface area (TPSA) is 70.1 Å². The molecule has 0 aliphatic carbocycles. The minimum atomic E-state index is -4.48. The molecule has 0 aromatic carbocycles.